The van der Waals surface area contributed by atoms with E-state index in [-0.39, 0.29) is 24.0 Å². The minimum absolute atomic E-state index is 0.0221. The van der Waals surface area contributed by atoms with Crippen LogP contribution in [0.25, 0.3) is 0 Å². The van der Waals surface area contributed by atoms with Crippen LogP contribution in [-0.4, -0.2) is 34.0 Å². The predicted molar refractivity (Wildman–Crippen MR) is 98.1 cm³/mol. The van der Waals surface area contributed by atoms with Gasteiger partial charge < -0.3 is 15.5 Å². The average molecular weight is 384 g/mol. The molecule has 1 aromatic rings. The molecule has 1 amide bonds. The molecule has 0 bridgehead atoms. The summed E-state index contributed by atoms with van der Waals surface area (Å²) in [6.45, 7) is 8.58. The molecule has 6 heteroatoms. The molecule has 22 heavy (non-hydrogen) atoms. The van der Waals surface area contributed by atoms with Crippen molar-refractivity contribution in [2.24, 2.45) is 0 Å². The molecule has 1 aliphatic heterocycles. The molecule has 1 unspecified atom stereocenters. The Kier molecular flexibility index (Phi) is 5.12. The van der Waals surface area contributed by atoms with Gasteiger partial charge >= 0.3 is 0 Å². The summed E-state index contributed by atoms with van der Waals surface area (Å²) in [5.74, 6) is -0.0545. The normalized spacial score (nSPS) is 20.5. The lowest BCUT2D eigenvalue weighted by Gasteiger charge is -2.44. The number of hydrogen-bond donors (Lipinski definition) is 2. The van der Waals surface area contributed by atoms with Crippen LogP contribution in [0.4, 0.5) is 5.69 Å². The highest BCUT2D eigenvalue weighted by Crippen LogP contribution is 2.23. The molecule has 2 rings (SSSR count). The van der Waals surface area contributed by atoms with Crippen molar-refractivity contribution in [3.8, 4) is 0 Å². The van der Waals surface area contributed by atoms with E-state index in [0.717, 1.165) is 22.1 Å². The molecule has 1 heterocycles. The lowest BCUT2D eigenvalue weighted by atomic mass is 9.93. The maximum atomic E-state index is 12.3. The molecule has 2 N–H and O–H groups in total. The Labute approximate surface area is 145 Å². The van der Waals surface area contributed by atoms with Gasteiger partial charge in [0.05, 0.1) is 6.54 Å². The third-order valence-corrected chi connectivity index (χ3v) is 4.65. The van der Waals surface area contributed by atoms with Crippen molar-refractivity contribution in [2.45, 2.75) is 45.7 Å². The first-order chi connectivity index (χ1) is 10.2. The number of hydrogen-bond acceptors (Lipinski definition) is 2. The van der Waals surface area contributed by atoms with Gasteiger partial charge in [-0.1, -0.05) is 15.9 Å². The number of carbonyl (C=O) groups excluding carboxylic acids is 1. The summed E-state index contributed by atoms with van der Waals surface area (Å²) in [6.07, 6.45) is 0.942. The fourth-order valence-electron chi connectivity index (χ4n) is 2.80. The van der Waals surface area contributed by atoms with Crippen LogP contribution in [0.15, 0.2) is 22.7 Å². The zero-order valence-corrected chi connectivity index (χ0v) is 15.8. The molecule has 1 aliphatic rings. The quantitative estimate of drug-likeness (QED) is 0.784. The number of nitrogens with one attached hydrogen (secondary N) is 2. The third kappa shape index (κ3) is 4.20. The van der Waals surface area contributed by atoms with E-state index in [1.165, 1.54) is 0 Å². The molecule has 4 nitrogen and oxygen atoms in total. The SMILES string of the molecule is Cc1cc(Br)ccc1NC(=O)CN1C(=S)NC(C)(C)CC1C. The first-order valence-electron chi connectivity index (χ1n) is 7.33. The van der Waals surface area contributed by atoms with Crippen molar-refractivity contribution in [1.29, 1.82) is 0 Å². The highest BCUT2D eigenvalue weighted by molar-refractivity contribution is 9.10. The van der Waals surface area contributed by atoms with Gasteiger partial charge in [-0.25, -0.2) is 0 Å². The Morgan fingerprint density at radius 2 is 2.23 bits per heavy atom. The van der Waals surface area contributed by atoms with Crippen LogP contribution < -0.4 is 10.6 Å². The first kappa shape index (κ1) is 17.2. The van der Waals surface area contributed by atoms with Crippen molar-refractivity contribution in [3.63, 3.8) is 0 Å². The number of thiocarbonyl (C=S) groups is 1. The molecule has 1 atom stereocenters. The summed E-state index contributed by atoms with van der Waals surface area (Å²) in [4.78, 5) is 14.3. The van der Waals surface area contributed by atoms with Crippen molar-refractivity contribution >= 4 is 44.9 Å². The van der Waals surface area contributed by atoms with Gasteiger partial charge in [-0.05, 0) is 70.1 Å². The molecule has 0 saturated carbocycles. The molecule has 0 spiro atoms. The van der Waals surface area contributed by atoms with Gasteiger partial charge in [-0.15, -0.1) is 0 Å². The van der Waals surface area contributed by atoms with Crippen LogP contribution >= 0.6 is 28.1 Å². The van der Waals surface area contributed by atoms with E-state index < -0.39 is 0 Å². The van der Waals surface area contributed by atoms with Gasteiger partial charge in [0.2, 0.25) is 5.91 Å². The van der Waals surface area contributed by atoms with E-state index in [0.29, 0.717) is 5.11 Å². The lowest BCUT2D eigenvalue weighted by Crippen LogP contribution is -2.61. The molecule has 0 aromatic heterocycles. The molecule has 0 aliphatic carbocycles. The number of benzene rings is 1. The predicted octanol–water partition coefficient (Wildman–Crippen LogP) is 3.44. The monoisotopic (exact) mass is 383 g/mol. The molecule has 0 radical (unpaired) electrons. The van der Waals surface area contributed by atoms with Gasteiger partial charge in [-0.3, -0.25) is 4.79 Å². The molecular weight excluding hydrogens is 362 g/mol. The van der Waals surface area contributed by atoms with E-state index in [2.05, 4.69) is 47.3 Å². The Bertz CT molecular complexity index is 603. The maximum absolute atomic E-state index is 12.3. The average Bonchev–Trinajstić information content (AvgIpc) is 2.36. The zero-order chi connectivity index (χ0) is 16.5. The number of anilines is 1. The Hall–Kier alpha value is -1.14. The van der Waals surface area contributed by atoms with E-state index in [9.17, 15) is 4.79 Å². The van der Waals surface area contributed by atoms with E-state index in [4.69, 9.17) is 12.2 Å². The highest BCUT2D eigenvalue weighted by atomic mass is 79.9. The van der Waals surface area contributed by atoms with Crippen molar-refractivity contribution in [3.05, 3.63) is 28.2 Å². The minimum atomic E-state index is -0.0545. The van der Waals surface area contributed by atoms with Crippen molar-refractivity contribution < 1.29 is 4.79 Å². The Morgan fingerprint density at radius 1 is 1.55 bits per heavy atom. The number of aryl methyl sites for hydroxylation is 1. The van der Waals surface area contributed by atoms with Crippen molar-refractivity contribution in [2.75, 3.05) is 11.9 Å². The summed E-state index contributed by atoms with van der Waals surface area (Å²) in [5, 5.41) is 6.90. The molecular formula is C16H22BrN3OS. The second kappa shape index (κ2) is 6.54. The summed E-state index contributed by atoms with van der Waals surface area (Å²) < 4.78 is 1.00. The fraction of sp³-hybridized carbons (Fsp3) is 0.500. The number of carbonyl (C=O) groups is 1. The number of amides is 1. The van der Waals surface area contributed by atoms with Gasteiger partial charge in [0, 0.05) is 21.7 Å². The van der Waals surface area contributed by atoms with Crippen LogP contribution in [0.1, 0.15) is 32.8 Å². The smallest absolute Gasteiger partial charge is 0.243 e. The first-order valence-corrected chi connectivity index (χ1v) is 8.53. The van der Waals surface area contributed by atoms with Gasteiger partial charge in [0.25, 0.3) is 0 Å². The molecule has 1 saturated heterocycles. The molecule has 1 fully saturated rings. The Balaban J connectivity index is 2.01. The van der Waals surface area contributed by atoms with Crippen LogP contribution in [0, 0.1) is 6.92 Å². The fourth-order valence-corrected chi connectivity index (χ4v) is 3.80. The van der Waals surface area contributed by atoms with Gasteiger partial charge in [-0.2, -0.15) is 0 Å². The standard InChI is InChI=1S/C16H22BrN3OS/c1-10-7-12(17)5-6-13(10)18-14(21)9-20-11(2)8-16(3,4)19-15(20)22/h5-7,11H,8-9H2,1-4H3,(H,18,21)(H,19,22). The van der Waals surface area contributed by atoms with Gasteiger partial charge in [0.1, 0.15) is 0 Å². The van der Waals surface area contributed by atoms with Crippen LogP contribution in [-0.2, 0) is 4.79 Å². The number of nitrogens with zero attached hydrogens (tertiary/aromatic N) is 1. The second-order valence-electron chi connectivity index (χ2n) is 6.50. The minimum Gasteiger partial charge on any atom is -0.358 e. The number of halogens is 1. The van der Waals surface area contributed by atoms with Crippen molar-refractivity contribution in [1.82, 2.24) is 10.2 Å². The molecule has 120 valence electrons. The van der Waals surface area contributed by atoms with E-state index in [1.807, 2.05) is 30.0 Å². The van der Waals surface area contributed by atoms with Gasteiger partial charge in [0.15, 0.2) is 5.11 Å². The topological polar surface area (TPSA) is 44.4 Å². The van der Waals surface area contributed by atoms with E-state index in [1.54, 1.807) is 0 Å². The molecule has 1 aromatic carbocycles. The Morgan fingerprint density at radius 3 is 2.82 bits per heavy atom. The third-order valence-electron chi connectivity index (χ3n) is 3.82. The van der Waals surface area contributed by atoms with Crippen LogP contribution in [0.5, 0.6) is 0 Å². The summed E-state index contributed by atoms with van der Waals surface area (Å²) in [7, 11) is 0. The highest BCUT2D eigenvalue weighted by Gasteiger charge is 2.33. The summed E-state index contributed by atoms with van der Waals surface area (Å²) in [6, 6.07) is 6.03. The maximum Gasteiger partial charge on any atom is 0.243 e. The second-order valence-corrected chi connectivity index (χ2v) is 7.80. The lowest BCUT2D eigenvalue weighted by molar-refractivity contribution is -0.117. The summed E-state index contributed by atoms with van der Waals surface area (Å²) >= 11 is 8.83. The summed E-state index contributed by atoms with van der Waals surface area (Å²) in [5.41, 5.74) is 1.83. The number of rotatable bonds is 3. The van der Waals surface area contributed by atoms with E-state index >= 15 is 0 Å². The largest absolute Gasteiger partial charge is 0.358 e. The van der Waals surface area contributed by atoms with Crippen LogP contribution in [0.3, 0.4) is 0 Å². The van der Waals surface area contributed by atoms with Crippen LogP contribution in [0.2, 0.25) is 0 Å². The zero-order valence-electron chi connectivity index (χ0n) is 13.4.